The van der Waals surface area contributed by atoms with Crippen LogP contribution in [0.5, 0.6) is 0 Å². The molecule has 2 amide bonds. The topological polar surface area (TPSA) is 57.7 Å². The Hall–Kier alpha value is -2.12. The van der Waals surface area contributed by atoms with E-state index in [1.54, 1.807) is 11.3 Å². The Labute approximate surface area is 157 Å². The summed E-state index contributed by atoms with van der Waals surface area (Å²) in [5, 5.41) is 5.12. The molecule has 0 spiro atoms. The Morgan fingerprint density at radius 1 is 1.27 bits per heavy atom. The molecular weight excluding hydrogens is 348 g/mol. The summed E-state index contributed by atoms with van der Waals surface area (Å²) in [6.07, 6.45) is 3.96. The van der Waals surface area contributed by atoms with Crippen molar-refractivity contribution in [2.75, 3.05) is 37.7 Å². The average Bonchev–Trinajstić information content (AvgIpc) is 3.38. The number of ether oxygens (including phenoxy) is 1. The van der Waals surface area contributed by atoms with E-state index in [0.717, 1.165) is 57.1 Å². The van der Waals surface area contributed by atoms with Gasteiger partial charge in [-0.25, -0.2) is 9.78 Å². The first kappa shape index (κ1) is 17.3. The van der Waals surface area contributed by atoms with Crippen molar-refractivity contribution in [2.45, 2.75) is 25.4 Å². The Balaban J connectivity index is 1.32. The Morgan fingerprint density at radius 3 is 2.88 bits per heavy atom. The lowest BCUT2D eigenvalue weighted by Crippen LogP contribution is -2.39. The number of carbonyl (C=O) groups excluding carboxylic acids is 1. The van der Waals surface area contributed by atoms with Crippen molar-refractivity contribution < 1.29 is 9.53 Å². The SMILES string of the molecule is O=C(NCc1ccc(N2CCOCC2)nc1)N1CCCC1c1cccs1. The summed E-state index contributed by atoms with van der Waals surface area (Å²) >= 11 is 1.73. The van der Waals surface area contributed by atoms with Crippen LogP contribution < -0.4 is 10.2 Å². The van der Waals surface area contributed by atoms with Gasteiger partial charge in [0.05, 0.1) is 19.3 Å². The zero-order valence-electron chi connectivity index (χ0n) is 14.8. The van der Waals surface area contributed by atoms with Gasteiger partial charge < -0.3 is 19.9 Å². The van der Waals surface area contributed by atoms with E-state index in [2.05, 4.69) is 32.7 Å². The summed E-state index contributed by atoms with van der Waals surface area (Å²) in [5.41, 5.74) is 1.02. The number of likely N-dealkylation sites (tertiary alicyclic amines) is 1. The van der Waals surface area contributed by atoms with E-state index in [9.17, 15) is 4.79 Å². The van der Waals surface area contributed by atoms with Crippen molar-refractivity contribution >= 4 is 23.2 Å². The third-order valence-corrected chi connectivity index (χ3v) is 5.95. The van der Waals surface area contributed by atoms with Gasteiger partial charge in [0.1, 0.15) is 5.82 Å². The van der Waals surface area contributed by atoms with Gasteiger partial charge in [-0.1, -0.05) is 12.1 Å². The van der Waals surface area contributed by atoms with Crippen LogP contribution in [-0.4, -0.2) is 48.8 Å². The molecule has 26 heavy (non-hydrogen) atoms. The normalized spacial score (nSPS) is 20.4. The Bertz CT molecular complexity index is 714. The lowest BCUT2D eigenvalue weighted by atomic mass is 10.2. The van der Waals surface area contributed by atoms with Gasteiger partial charge in [0.2, 0.25) is 0 Å². The molecule has 2 aromatic heterocycles. The van der Waals surface area contributed by atoms with E-state index >= 15 is 0 Å². The van der Waals surface area contributed by atoms with E-state index in [1.807, 2.05) is 23.2 Å². The average molecular weight is 372 g/mol. The fraction of sp³-hybridized carbons (Fsp3) is 0.474. The highest BCUT2D eigenvalue weighted by atomic mass is 32.1. The molecule has 2 aromatic rings. The molecule has 2 saturated heterocycles. The van der Waals surface area contributed by atoms with E-state index in [-0.39, 0.29) is 12.1 Å². The summed E-state index contributed by atoms with van der Waals surface area (Å²) < 4.78 is 5.37. The predicted molar refractivity (Wildman–Crippen MR) is 103 cm³/mol. The van der Waals surface area contributed by atoms with Gasteiger partial charge in [0.15, 0.2) is 0 Å². The van der Waals surface area contributed by atoms with Crippen LogP contribution in [0.3, 0.4) is 0 Å². The number of hydrogen-bond acceptors (Lipinski definition) is 5. The third-order valence-electron chi connectivity index (χ3n) is 4.97. The minimum Gasteiger partial charge on any atom is -0.378 e. The molecule has 7 heteroatoms. The molecule has 1 N–H and O–H groups in total. The van der Waals surface area contributed by atoms with Gasteiger partial charge in [-0.3, -0.25) is 0 Å². The molecule has 138 valence electrons. The second-order valence-corrected chi connectivity index (χ2v) is 7.63. The first-order valence-electron chi connectivity index (χ1n) is 9.17. The molecule has 6 nitrogen and oxygen atoms in total. The number of amides is 2. The van der Waals surface area contributed by atoms with Crippen molar-refractivity contribution in [3.05, 3.63) is 46.3 Å². The number of hydrogen-bond donors (Lipinski definition) is 1. The molecule has 1 atom stereocenters. The number of morpholine rings is 1. The van der Waals surface area contributed by atoms with Crippen LogP contribution >= 0.6 is 11.3 Å². The molecule has 0 saturated carbocycles. The first-order chi connectivity index (χ1) is 12.8. The standard InChI is InChI=1S/C19H24N4O2S/c24-19(23-7-1-3-16(23)17-4-2-12-26-17)21-14-15-5-6-18(20-13-15)22-8-10-25-11-9-22/h2,4-6,12-13,16H,1,3,7-11,14H2,(H,21,24). The second-order valence-electron chi connectivity index (χ2n) is 6.65. The summed E-state index contributed by atoms with van der Waals surface area (Å²) in [6, 6.07) is 8.47. The summed E-state index contributed by atoms with van der Waals surface area (Å²) in [5.74, 6) is 0.973. The smallest absolute Gasteiger partial charge is 0.318 e. The highest BCUT2D eigenvalue weighted by Gasteiger charge is 2.30. The number of anilines is 1. The van der Waals surface area contributed by atoms with Crippen LogP contribution in [0.25, 0.3) is 0 Å². The number of nitrogens with zero attached hydrogens (tertiary/aromatic N) is 3. The van der Waals surface area contributed by atoms with Gasteiger partial charge in [-0.15, -0.1) is 11.3 Å². The second kappa shape index (κ2) is 8.05. The number of carbonyl (C=O) groups is 1. The Morgan fingerprint density at radius 2 is 2.15 bits per heavy atom. The maximum absolute atomic E-state index is 12.6. The molecule has 0 bridgehead atoms. The maximum Gasteiger partial charge on any atom is 0.318 e. The summed E-state index contributed by atoms with van der Waals surface area (Å²) in [7, 11) is 0. The van der Waals surface area contributed by atoms with Gasteiger partial charge in [-0.2, -0.15) is 0 Å². The molecule has 2 fully saturated rings. The first-order valence-corrected chi connectivity index (χ1v) is 10.0. The number of thiophene rings is 1. The zero-order valence-corrected chi connectivity index (χ0v) is 15.6. The number of rotatable bonds is 4. The maximum atomic E-state index is 12.6. The summed E-state index contributed by atoms with van der Waals surface area (Å²) in [6.45, 7) is 4.58. The van der Waals surface area contributed by atoms with E-state index in [0.29, 0.717) is 6.54 Å². The minimum atomic E-state index is 0.0122. The van der Waals surface area contributed by atoms with Crippen molar-refractivity contribution in [1.29, 1.82) is 0 Å². The van der Waals surface area contributed by atoms with Crippen molar-refractivity contribution in [3.63, 3.8) is 0 Å². The number of urea groups is 1. The van der Waals surface area contributed by atoms with Crippen molar-refractivity contribution in [1.82, 2.24) is 15.2 Å². The van der Waals surface area contributed by atoms with Gasteiger partial charge in [0.25, 0.3) is 0 Å². The molecule has 2 aliphatic heterocycles. The fourth-order valence-corrected chi connectivity index (χ4v) is 4.44. The van der Waals surface area contributed by atoms with E-state index in [4.69, 9.17) is 4.74 Å². The van der Waals surface area contributed by atoms with Gasteiger partial charge in [0, 0.05) is 37.3 Å². The predicted octanol–water partition coefficient (Wildman–Crippen LogP) is 3.03. The van der Waals surface area contributed by atoms with Gasteiger partial charge >= 0.3 is 6.03 Å². The van der Waals surface area contributed by atoms with Crippen LogP contribution in [0.1, 0.15) is 29.3 Å². The van der Waals surface area contributed by atoms with Crippen LogP contribution in [-0.2, 0) is 11.3 Å². The van der Waals surface area contributed by atoms with E-state index < -0.39 is 0 Å². The van der Waals surface area contributed by atoms with Crippen LogP contribution in [0.2, 0.25) is 0 Å². The molecule has 1 unspecified atom stereocenters. The quantitative estimate of drug-likeness (QED) is 0.896. The van der Waals surface area contributed by atoms with Crippen LogP contribution in [0.4, 0.5) is 10.6 Å². The third kappa shape index (κ3) is 3.83. The molecule has 4 rings (SSSR count). The molecule has 0 aliphatic carbocycles. The number of nitrogens with one attached hydrogen (secondary N) is 1. The van der Waals surface area contributed by atoms with Crippen LogP contribution in [0, 0.1) is 0 Å². The lowest BCUT2D eigenvalue weighted by molar-refractivity contribution is 0.122. The monoisotopic (exact) mass is 372 g/mol. The lowest BCUT2D eigenvalue weighted by Gasteiger charge is -2.27. The molecule has 0 radical (unpaired) electrons. The largest absolute Gasteiger partial charge is 0.378 e. The highest BCUT2D eigenvalue weighted by Crippen LogP contribution is 2.34. The van der Waals surface area contributed by atoms with Crippen molar-refractivity contribution in [2.24, 2.45) is 0 Å². The van der Waals surface area contributed by atoms with E-state index in [1.165, 1.54) is 4.88 Å². The van der Waals surface area contributed by atoms with Crippen molar-refractivity contribution in [3.8, 4) is 0 Å². The summed E-state index contributed by atoms with van der Waals surface area (Å²) in [4.78, 5) is 22.6. The molecule has 0 aromatic carbocycles. The highest BCUT2D eigenvalue weighted by molar-refractivity contribution is 7.10. The van der Waals surface area contributed by atoms with Gasteiger partial charge in [-0.05, 0) is 35.9 Å². The minimum absolute atomic E-state index is 0.0122. The fourth-order valence-electron chi connectivity index (χ4n) is 3.57. The molecule has 4 heterocycles. The molecule has 2 aliphatic rings. The zero-order chi connectivity index (χ0) is 17.8. The van der Waals surface area contributed by atoms with Crippen LogP contribution in [0.15, 0.2) is 35.8 Å². The molecular formula is C19H24N4O2S. The Kier molecular flexibility index (Phi) is 5.36. The number of pyridine rings is 1. The number of aromatic nitrogens is 1.